The minimum absolute atomic E-state index is 0.0177. The second kappa shape index (κ2) is 34.8. The zero-order valence-corrected chi connectivity index (χ0v) is 54.5. The average Bonchev–Trinajstić information content (AvgIpc) is 0.861. The van der Waals surface area contributed by atoms with Crippen LogP contribution in [-0.4, -0.2) is 85.5 Å². The van der Waals surface area contributed by atoms with Gasteiger partial charge in [-0.2, -0.15) is 0 Å². The highest BCUT2D eigenvalue weighted by molar-refractivity contribution is 6.12. The third kappa shape index (κ3) is 20.7. The van der Waals surface area contributed by atoms with E-state index in [-0.39, 0.29) is 57.0 Å². The lowest BCUT2D eigenvalue weighted by molar-refractivity contribution is -0.385. The molecule has 0 amide bonds. The van der Waals surface area contributed by atoms with E-state index in [0.29, 0.717) is 67.9 Å². The summed E-state index contributed by atoms with van der Waals surface area (Å²) in [6, 6.07) is 38.4. The fourth-order valence-electron chi connectivity index (χ4n) is 9.23. The number of allylic oxidation sites excluding steroid dienone is 4. The van der Waals surface area contributed by atoms with Crippen molar-refractivity contribution in [1.82, 2.24) is 0 Å². The average molecular weight is 1290 g/mol. The third-order valence-electron chi connectivity index (χ3n) is 13.9. The molecule has 490 valence electrons. The molecular weight excluding hydrogens is 1220 g/mol. The molecule has 22 nitrogen and oxygen atoms in total. The lowest BCUT2D eigenvalue weighted by atomic mass is 10.0. The smallest absolute Gasteiger partial charge is 0.276 e. The summed E-state index contributed by atoms with van der Waals surface area (Å²) in [6.07, 6.45) is 11.0. The molecule has 0 saturated heterocycles. The van der Waals surface area contributed by atoms with Crippen LogP contribution in [0.3, 0.4) is 0 Å². The maximum absolute atomic E-state index is 12.6. The number of aryl methyl sites for hydroxylation is 7. The van der Waals surface area contributed by atoms with Crippen LogP contribution in [-0.2, 0) is 0 Å². The van der Waals surface area contributed by atoms with E-state index in [1.807, 2.05) is 32.9 Å². The summed E-state index contributed by atoms with van der Waals surface area (Å²) in [4.78, 5) is 92.4. The van der Waals surface area contributed by atoms with Crippen LogP contribution >= 0.6 is 0 Å². The number of carbonyl (C=O) groups excluding carboxylic acids is 4. The highest BCUT2D eigenvalue weighted by Gasteiger charge is 2.21. The molecule has 0 aliphatic carbocycles. The lowest BCUT2D eigenvalue weighted by Crippen LogP contribution is -2.03. The molecule has 0 fully saturated rings. The van der Waals surface area contributed by atoms with Crippen LogP contribution in [0.1, 0.15) is 103 Å². The Morgan fingerprint density at radius 3 is 0.979 bits per heavy atom. The van der Waals surface area contributed by atoms with E-state index in [1.54, 1.807) is 131 Å². The van der Waals surface area contributed by atoms with Crippen LogP contribution in [0.25, 0.3) is 24.3 Å². The fourth-order valence-corrected chi connectivity index (χ4v) is 9.23. The first-order valence-electron chi connectivity index (χ1n) is 28.8. The molecule has 0 saturated carbocycles. The summed E-state index contributed by atoms with van der Waals surface area (Å²) in [5.41, 5.74) is 8.68. The summed E-state index contributed by atoms with van der Waals surface area (Å²) >= 11 is 0. The van der Waals surface area contributed by atoms with Gasteiger partial charge in [-0.15, -0.1) is 0 Å². The van der Waals surface area contributed by atoms with Crippen molar-refractivity contribution >= 4 is 70.2 Å². The van der Waals surface area contributed by atoms with Crippen molar-refractivity contribution in [2.75, 3.05) is 42.7 Å². The molecule has 0 aliphatic heterocycles. The van der Waals surface area contributed by atoms with Gasteiger partial charge in [0.25, 0.3) is 22.7 Å². The van der Waals surface area contributed by atoms with Crippen molar-refractivity contribution in [3.05, 3.63) is 288 Å². The molecule has 8 rings (SSSR count). The van der Waals surface area contributed by atoms with Gasteiger partial charge in [0.2, 0.25) is 0 Å². The Hall–Kier alpha value is -12.2. The summed E-state index contributed by atoms with van der Waals surface area (Å²) in [6.45, 7) is 12.7. The predicted octanol–water partition coefficient (Wildman–Crippen LogP) is 16.2. The molecule has 0 N–H and O–H groups in total. The molecule has 0 heterocycles. The molecule has 0 aromatic heterocycles. The van der Waals surface area contributed by atoms with E-state index < -0.39 is 19.7 Å². The number of nitrogens with zero attached hydrogens (tertiary/aromatic N) is 4. The number of rotatable bonds is 22. The summed E-state index contributed by atoms with van der Waals surface area (Å²) in [5, 5.41) is 44.5. The lowest BCUT2D eigenvalue weighted by Gasteiger charge is -2.12. The number of hydrogen-bond donors (Lipinski definition) is 0. The van der Waals surface area contributed by atoms with Crippen LogP contribution in [0.2, 0.25) is 0 Å². The Labute approximate surface area is 548 Å². The quantitative estimate of drug-likeness (QED) is 0.0263. The maximum Gasteiger partial charge on any atom is 0.276 e. The van der Waals surface area contributed by atoms with Gasteiger partial charge in [0.05, 0.1) is 90.2 Å². The second-order valence-corrected chi connectivity index (χ2v) is 21.1. The molecule has 0 bridgehead atoms. The predicted molar refractivity (Wildman–Crippen MR) is 364 cm³/mol. The van der Waals surface area contributed by atoms with Crippen LogP contribution in [0.15, 0.2) is 164 Å². The SMILES string of the molecule is COc1cc(C)cc(C(=O)/C=C/c2ccc(C)cc2[N+](=O)[O-])c1.COc1cc(C)cc(OC)c1C(=O)/C=C/c1ccc(C)cc1[N+](=O)[O-].COc1ccc(C)cc1C(=O)/C=C/c1ccc(C)cc1[N+](=O)[O-].COc1cccc(OC)c1C(=O)/C=C/c1ccc(C)cc1[N+](=O)[O-]. The number of benzene rings is 8. The molecule has 0 spiro atoms. The van der Waals surface area contributed by atoms with E-state index in [0.717, 1.165) is 38.9 Å². The van der Waals surface area contributed by atoms with Gasteiger partial charge in [-0.25, -0.2) is 0 Å². The Balaban J connectivity index is 0.000000229. The Bertz CT molecular complexity index is 4310. The number of ether oxygens (including phenoxy) is 6. The monoisotopic (exact) mass is 1290 g/mol. The molecule has 95 heavy (non-hydrogen) atoms. The number of nitro groups is 4. The highest BCUT2D eigenvalue weighted by Crippen LogP contribution is 2.34. The Kier molecular flexibility index (Phi) is 27.0. The zero-order chi connectivity index (χ0) is 70.2. The molecule has 8 aromatic carbocycles. The number of hydrogen-bond acceptors (Lipinski definition) is 18. The van der Waals surface area contributed by atoms with Crippen molar-refractivity contribution in [2.24, 2.45) is 0 Å². The molecule has 0 radical (unpaired) electrons. The van der Waals surface area contributed by atoms with Crippen LogP contribution in [0, 0.1) is 88.9 Å². The largest absolute Gasteiger partial charge is 0.497 e. The number of nitro benzene ring substituents is 4. The molecule has 0 aliphatic rings. The first-order valence-corrected chi connectivity index (χ1v) is 28.8. The van der Waals surface area contributed by atoms with Crippen molar-refractivity contribution in [3.8, 4) is 34.5 Å². The van der Waals surface area contributed by atoms with Crippen molar-refractivity contribution in [3.63, 3.8) is 0 Å². The number of ketones is 4. The van der Waals surface area contributed by atoms with E-state index in [4.69, 9.17) is 28.4 Å². The van der Waals surface area contributed by atoms with Crippen LogP contribution in [0.4, 0.5) is 22.7 Å². The first kappa shape index (κ1) is 73.5. The van der Waals surface area contributed by atoms with Crippen LogP contribution < -0.4 is 28.4 Å². The van der Waals surface area contributed by atoms with E-state index in [1.165, 1.54) is 116 Å². The van der Waals surface area contributed by atoms with E-state index in [9.17, 15) is 59.6 Å². The van der Waals surface area contributed by atoms with Gasteiger partial charge in [0, 0.05) is 29.8 Å². The van der Waals surface area contributed by atoms with Gasteiger partial charge in [-0.1, -0.05) is 42.0 Å². The van der Waals surface area contributed by atoms with Crippen molar-refractivity contribution in [1.29, 1.82) is 0 Å². The van der Waals surface area contributed by atoms with Crippen LogP contribution in [0.5, 0.6) is 34.5 Å². The highest BCUT2D eigenvalue weighted by atomic mass is 16.6. The van der Waals surface area contributed by atoms with Gasteiger partial charge < -0.3 is 28.4 Å². The van der Waals surface area contributed by atoms with Crippen molar-refractivity contribution in [2.45, 2.75) is 48.5 Å². The Morgan fingerprint density at radius 1 is 0.316 bits per heavy atom. The minimum atomic E-state index is -0.471. The summed E-state index contributed by atoms with van der Waals surface area (Å²) < 4.78 is 31.3. The van der Waals surface area contributed by atoms with Crippen molar-refractivity contribution < 1.29 is 67.3 Å². The molecule has 22 heteroatoms. The standard InChI is InChI=1S/C19H19NO5.C18H17NO5.2C18H17NO4/c1-12-5-6-14(15(9-12)20(22)23)7-8-16(21)19-17(24-3)10-13(2)11-18(19)25-4;1-12-7-8-13(14(11-12)19(21)22)9-10-15(20)18-16(23-2)5-4-6-17(18)24-3;1-12-5-9-18(23-3)15(10-12)17(20)8-7-14-6-4-13(2)11-16(14)19(21)22;1-12-4-5-14(17(10-12)19(21)22)6-7-18(20)15-8-13(2)9-16(11-15)23-3/h5-11H,1-4H3;4-11H,1-3H3;2*4-11H,1-3H3/b8-7+;10-9+;8-7+;7-6+. The zero-order valence-electron chi connectivity index (χ0n) is 54.5. The first-order chi connectivity index (χ1) is 45.2. The van der Waals surface area contributed by atoms with Gasteiger partial charge in [-0.3, -0.25) is 59.6 Å². The second-order valence-electron chi connectivity index (χ2n) is 21.1. The normalized spacial score (nSPS) is 10.7. The molecular formula is C73H70N4O18. The molecule has 0 unspecified atom stereocenters. The maximum atomic E-state index is 12.6. The third-order valence-corrected chi connectivity index (χ3v) is 13.9. The number of methoxy groups -OCH3 is 6. The van der Waals surface area contributed by atoms with Gasteiger partial charge in [0.15, 0.2) is 23.1 Å². The fraction of sp³-hybridized carbons (Fsp3) is 0.178. The van der Waals surface area contributed by atoms with Gasteiger partial charge in [0.1, 0.15) is 45.6 Å². The number of carbonyl (C=O) groups is 4. The van der Waals surface area contributed by atoms with Gasteiger partial charge in [-0.05, 0) is 209 Å². The van der Waals surface area contributed by atoms with E-state index in [2.05, 4.69) is 0 Å². The molecule has 8 aromatic rings. The summed E-state index contributed by atoms with van der Waals surface area (Å²) in [7, 11) is 8.89. The Morgan fingerprint density at radius 2 is 0.632 bits per heavy atom. The minimum Gasteiger partial charge on any atom is -0.497 e. The molecule has 0 atom stereocenters. The summed E-state index contributed by atoms with van der Waals surface area (Å²) in [5.74, 6) is 1.40. The van der Waals surface area contributed by atoms with Gasteiger partial charge >= 0.3 is 0 Å². The topological polar surface area (TPSA) is 296 Å². The van der Waals surface area contributed by atoms with E-state index >= 15 is 0 Å².